The zero-order chi connectivity index (χ0) is 12.4. The maximum atomic E-state index is 11.7. The maximum Gasteiger partial charge on any atom is 0.357 e. The van der Waals surface area contributed by atoms with E-state index >= 15 is 0 Å². The molecule has 1 aromatic heterocycles. The lowest BCUT2D eigenvalue weighted by Gasteiger charge is -2.21. The molecule has 3 nitrogen and oxygen atoms in total. The van der Waals surface area contributed by atoms with Crippen molar-refractivity contribution in [3.8, 4) is 0 Å². The van der Waals surface area contributed by atoms with E-state index in [2.05, 4.69) is 0 Å². The van der Waals surface area contributed by atoms with Crippen molar-refractivity contribution in [3.63, 3.8) is 0 Å². The Morgan fingerprint density at radius 1 is 1.12 bits per heavy atom. The van der Waals surface area contributed by atoms with Gasteiger partial charge in [-0.3, -0.25) is 0 Å². The Balaban J connectivity index is 2.59. The first-order chi connectivity index (χ1) is 8.11. The summed E-state index contributed by atoms with van der Waals surface area (Å²) in [5.74, 6) is 0.836. The minimum absolute atomic E-state index is 0.217. The van der Waals surface area contributed by atoms with Crippen LogP contribution in [-0.2, 0) is 12.8 Å². The fourth-order valence-electron chi connectivity index (χ4n) is 2.45. The first-order valence-electron chi connectivity index (χ1n) is 6.13. The van der Waals surface area contributed by atoms with Crippen molar-refractivity contribution in [3.05, 3.63) is 26.8 Å². The summed E-state index contributed by atoms with van der Waals surface area (Å²) in [6.07, 6.45) is 6.48. The maximum absolute atomic E-state index is 11.7. The van der Waals surface area contributed by atoms with E-state index in [1.807, 2.05) is 19.0 Å². The zero-order valence-electron chi connectivity index (χ0n) is 10.4. The number of anilines is 1. The molecule has 94 valence electrons. The van der Waals surface area contributed by atoms with Gasteiger partial charge in [-0.15, -0.1) is 0 Å². The molecule has 0 saturated carbocycles. The summed E-state index contributed by atoms with van der Waals surface area (Å²) < 4.78 is 5.34. The van der Waals surface area contributed by atoms with Crippen molar-refractivity contribution in [2.24, 2.45) is 0 Å². The zero-order valence-corrected chi connectivity index (χ0v) is 11.1. The predicted molar refractivity (Wildman–Crippen MR) is 70.2 cm³/mol. The van der Waals surface area contributed by atoms with E-state index in [9.17, 15) is 4.79 Å². The van der Waals surface area contributed by atoms with Crippen molar-refractivity contribution in [2.75, 3.05) is 19.0 Å². The van der Waals surface area contributed by atoms with Gasteiger partial charge in [-0.25, -0.2) is 4.79 Å². The van der Waals surface area contributed by atoms with Crippen LogP contribution in [0.2, 0.25) is 5.02 Å². The number of nitrogens with zero attached hydrogens (tertiary/aromatic N) is 1. The quantitative estimate of drug-likeness (QED) is 0.774. The minimum Gasteiger partial charge on any atom is -0.426 e. The molecule has 0 atom stereocenters. The first-order valence-corrected chi connectivity index (χ1v) is 6.50. The molecule has 0 bridgehead atoms. The van der Waals surface area contributed by atoms with Crippen LogP contribution in [0.1, 0.15) is 37.0 Å². The monoisotopic (exact) mass is 255 g/mol. The molecule has 17 heavy (non-hydrogen) atoms. The van der Waals surface area contributed by atoms with E-state index in [0.29, 0.717) is 0 Å². The van der Waals surface area contributed by atoms with Crippen LogP contribution in [-0.4, -0.2) is 14.1 Å². The van der Waals surface area contributed by atoms with E-state index in [-0.39, 0.29) is 5.02 Å². The van der Waals surface area contributed by atoms with Gasteiger partial charge in [0.25, 0.3) is 0 Å². The Morgan fingerprint density at radius 2 is 1.76 bits per heavy atom. The molecule has 0 fully saturated rings. The summed E-state index contributed by atoms with van der Waals surface area (Å²) in [5.41, 5.74) is 1.56. The topological polar surface area (TPSA) is 33.5 Å². The van der Waals surface area contributed by atoms with Gasteiger partial charge in [-0.05, 0) is 19.3 Å². The Bertz CT molecular complexity index is 465. The van der Waals surface area contributed by atoms with Crippen LogP contribution in [0.5, 0.6) is 0 Å². The lowest BCUT2D eigenvalue weighted by atomic mass is 9.96. The third kappa shape index (κ3) is 2.49. The van der Waals surface area contributed by atoms with Crippen molar-refractivity contribution < 1.29 is 4.42 Å². The standard InChI is InChI=1S/C13H18ClNO2/c1-15(2)12-9-7-5-3-4-6-8-10(9)17-13(16)11(12)14/h3-8H2,1-2H3. The average Bonchev–Trinajstić information content (AvgIpc) is 2.24. The fourth-order valence-corrected chi connectivity index (χ4v) is 2.77. The Hall–Kier alpha value is -0.960. The molecule has 0 radical (unpaired) electrons. The van der Waals surface area contributed by atoms with Crippen LogP contribution in [0.4, 0.5) is 5.69 Å². The summed E-state index contributed by atoms with van der Waals surface area (Å²) in [6, 6.07) is 0. The minimum atomic E-state index is -0.408. The molecular weight excluding hydrogens is 238 g/mol. The third-order valence-corrected chi connectivity index (χ3v) is 3.59. The summed E-state index contributed by atoms with van der Waals surface area (Å²) in [6.45, 7) is 0. The van der Waals surface area contributed by atoms with Gasteiger partial charge in [-0.1, -0.05) is 24.4 Å². The fraction of sp³-hybridized carbons (Fsp3) is 0.615. The molecule has 0 spiro atoms. The van der Waals surface area contributed by atoms with Gasteiger partial charge < -0.3 is 9.32 Å². The summed E-state index contributed by atoms with van der Waals surface area (Å²) >= 11 is 6.07. The number of rotatable bonds is 1. The lowest BCUT2D eigenvalue weighted by Crippen LogP contribution is -2.19. The van der Waals surface area contributed by atoms with E-state index in [1.54, 1.807) is 0 Å². The molecular formula is C13H18ClNO2. The highest BCUT2D eigenvalue weighted by Gasteiger charge is 2.20. The summed E-state index contributed by atoms with van der Waals surface area (Å²) in [4.78, 5) is 13.6. The molecule has 0 aliphatic heterocycles. The van der Waals surface area contributed by atoms with Crippen molar-refractivity contribution in [2.45, 2.75) is 38.5 Å². The number of hydrogen-bond donors (Lipinski definition) is 0. The van der Waals surface area contributed by atoms with Crippen LogP contribution in [0.25, 0.3) is 0 Å². The van der Waals surface area contributed by atoms with Crippen molar-refractivity contribution in [1.29, 1.82) is 0 Å². The summed E-state index contributed by atoms with van der Waals surface area (Å²) in [5, 5.41) is 0.217. The average molecular weight is 256 g/mol. The largest absolute Gasteiger partial charge is 0.426 e. The van der Waals surface area contributed by atoms with E-state index in [1.165, 1.54) is 12.8 Å². The van der Waals surface area contributed by atoms with Gasteiger partial charge in [0.05, 0.1) is 5.69 Å². The SMILES string of the molecule is CN(C)c1c2c(oc(=O)c1Cl)CCCCCC2. The van der Waals surface area contributed by atoms with Gasteiger partial charge in [0.1, 0.15) is 10.8 Å². The molecule has 1 aliphatic rings. The van der Waals surface area contributed by atoms with Crippen LogP contribution >= 0.6 is 11.6 Å². The molecule has 1 aromatic rings. The van der Waals surface area contributed by atoms with E-state index in [0.717, 1.165) is 42.7 Å². The summed E-state index contributed by atoms with van der Waals surface area (Å²) in [7, 11) is 3.83. The number of hydrogen-bond acceptors (Lipinski definition) is 3. The molecule has 4 heteroatoms. The smallest absolute Gasteiger partial charge is 0.357 e. The first kappa shape index (κ1) is 12.5. The predicted octanol–water partition coefficient (Wildman–Crippen LogP) is 3.02. The van der Waals surface area contributed by atoms with Gasteiger partial charge in [0.15, 0.2) is 0 Å². The van der Waals surface area contributed by atoms with Crippen LogP contribution < -0.4 is 10.5 Å². The van der Waals surface area contributed by atoms with E-state index < -0.39 is 5.63 Å². The van der Waals surface area contributed by atoms with Gasteiger partial charge in [0, 0.05) is 26.1 Å². The molecule has 1 heterocycles. The molecule has 0 aromatic carbocycles. The van der Waals surface area contributed by atoms with Crippen molar-refractivity contribution in [1.82, 2.24) is 0 Å². The molecule has 0 N–H and O–H groups in total. The highest BCUT2D eigenvalue weighted by Crippen LogP contribution is 2.31. The second-order valence-electron chi connectivity index (χ2n) is 4.76. The van der Waals surface area contributed by atoms with E-state index in [4.69, 9.17) is 16.0 Å². The second-order valence-corrected chi connectivity index (χ2v) is 5.14. The second kappa shape index (κ2) is 5.13. The Labute approximate surface area is 106 Å². The Morgan fingerprint density at radius 3 is 2.41 bits per heavy atom. The van der Waals surface area contributed by atoms with Crippen LogP contribution in [0.3, 0.4) is 0 Å². The number of halogens is 1. The van der Waals surface area contributed by atoms with Gasteiger partial charge in [-0.2, -0.15) is 0 Å². The molecule has 1 aliphatic carbocycles. The van der Waals surface area contributed by atoms with Crippen LogP contribution in [0.15, 0.2) is 9.21 Å². The number of aryl methyl sites for hydroxylation is 1. The number of fused-ring (bicyclic) bond motifs is 1. The normalized spacial score (nSPS) is 15.9. The molecule has 0 saturated heterocycles. The highest BCUT2D eigenvalue weighted by atomic mass is 35.5. The third-order valence-electron chi connectivity index (χ3n) is 3.25. The van der Waals surface area contributed by atoms with Gasteiger partial charge >= 0.3 is 5.63 Å². The molecule has 2 rings (SSSR count). The molecule has 0 amide bonds. The Kier molecular flexibility index (Phi) is 3.77. The lowest BCUT2D eigenvalue weighted by molar-refractivity contribution is 0.432. The highest BCUT2D eigenvalue weighted by molar-refractivity contribution is 6.33. The van der Waals surface area contributed by atoms with Gasteiger partial charge in [0.2, 0.25) is 0 Å². The van der Waals surface area contributed by atoms with Crippen molar-refractivity contribution >= 4 is 17.3 Å². The molecule has 0 unspecified atom stereocenters. The van der Waals surface area contributed by atoms with Crippen LogP contribution in [0, 0.1) is 0 Å².